The molecule has 0 fully saturated rings. The maximum Gasteiger partial charge on any atom is 0.224 e. The van der Waals surface area contributed by atoms with E-state index in [1.165, 1.54) is 6.92 Å². The molecule has 2 nitrogen and oxygen atoms in total. The number of rotatable bonds is 3. The summed E-state index contributed by atoms with van der Waals surface area (Å²) < 4.78 is 0. The Bertz CT molecular complexity index is 398. The predicted octanol–water partition coefficient (Wildman–Crippen LogP) is 2.90. The van der Waals surface area contributed by atoms with Crippen molar-refractivity contribution in [3.8, 4) is 0 Å². The summed E-state index contributed by atoms with van der Waals surface area (Å²) in [6.45, 7) is 4.03. The quantitative estimate of drug-likeness (QED) is 0.591. The number of thiocarbonyl (C=S) groups is 1. The van der Waals surface area contributed by atoms with Gasteiger partial charge in [-0.25, -0.2) is 0 Å². The molecule has 1 aromatic carbocycles. The van der Waals surface area contributed by atoms with Crippen molar-refractivity contribution in [3.63, 3.8) is 0 Å². The van der Waals surface area contributed by atoms with Gasteiger partial charge in [-0.3, -0.25) is 4.79 Å². The van der Waals surface area contributed by atoms with Crippen molar-refractivity contribution in [2.75, 3.05) is 6.54 Å². The smallest absolute Gasteiger partial charge is 0.224 e. The number of hydrogen-bond acceptors (Lipinski definition) is 2. The van der Waals surface area contributed by atoms with Gasteiger partial charge in [-0.05, 0) is 18.6 Å². The minimum Gasteiger partial charge on any atom is -0.304 e. The van der Waals surface area contributed by atoms with E-state index in [1.807, 2.05) is 43.3 Å². The van der Waals surface area contributed by atoms with E-state index in [1.54, 1.807) is 11.0 Å². The van der Waals surface area contributed by atoms with Crippen LogP contribution in [0.25, 0.3) is 6.08 Å². The van der Waals surface area contributed by atoms with Crippen LogP contribution in [0.15, 0.2) is 36.4 Å². The molecule has 1 amide bonds. The topological polar surface area (TPSA) is 20.3 Å². The van der Waals surface area contributed by atoms with Crippen LogP contribution in [0.1, 0.15) is 19.4 Å². The van der Waals surface area contributed by atoms with Crippen LogP contribution >= 0.6 is 12.2 Å². The maximum absolute atomic E-state index is 11.2. The van der Waals surface area contributed by atoms with Crippen molar-refractivity contribution in [2.24, 2.45) is 0 Å². The van der Waals surface area contributed by atoms with E-state index in [4.69, 9.17) is 12.2 Å². The number of benzene rings is 1. The van der Waals surface area contributed by atoms with E-state index in [-0.39, 0.29) is 5.91 Å². The van der Waals surface area contributed by atoms with E-state index in [0.29, 0.717) is 11.5 Å². The van der Waals surface area contributed by atoms with Crippen molar-refractivity contribution >= 4 is 29.2 Å². The highest BCUT2D eigenvalue weighted by atomic mass is 32.1. The molecule has 1 aromatic rings. The molecule has 0 aliphatic heterocycles. The second-order valence-electron chi connectivity index (χ2n) is 3.35. The summed E-state index contributed by atoms with van der Waals surface area (Å²) in [5.41, 5.74) is 1.07. The lowest BCUT2D eigenvalue weighted by atomic mass is 10.2. The van der Waals surface area contributed by atoms with Crippen LogP contribution in [0.5, 0.6) is 0 Å². The summed E-state index contributed by atoms with van der Waals surface area (Å²) in [4.78, 5) is 13.4. The van der Waals surface area contributed by atoms with Crippen molar-refractivity contribution < 1.29 is 4.79 Å². The minimum absolute atomic E-state index is 0.0230. The summed E-state index contributed by atoms with van der Waals surface area (Å²) in [5.74, 6) is -0.0230. The highest BCUT2D eigenvalue weighted by Crippen LogP contribution is 2.03. The Morgan fingerprint density at radius 2 is 2.00 bits per heavy atom. The molecule has 1 rings (SSSR count). The van der Waals surface area contributed by atoms with Gasteiger partial charge < -0.3 is 4.90 Å². The van der Waals surface area contributed by atoms with Crippen molar-refractivity contribution in [2.45, 2.75) is 13.8 Å². The van der Waals surface area contributed by atoms with Crippen molar-refractivity contribution in [1.29, 1.82) is 0 Å². The zero-order valence-electron chi connectivity index (χ0n) is 9.51. The molecule has 3 heteroatoms. The molecule has 16 heavy (non-hydrogen) atoms. The molecule has 0 aromatic heterocycles. The van der Waals surface area contributed by atoms with Gasteiger partial charge in [0.25, 0.3) is 0 Å². The van der Waals surface area contributed by atoms with Gasteiger partial charge in [0.05, 0.1) is 0 Å². The van der Waals surface area contributed by atoms with Crippen molar-refractivity contribution in [1.82, 2.24) is 4.90 Å². The van der Waals surface area contributed by atoms with Crippen LogP contribution in [-0.4, -0.2) is 22.3 Å². The number of hydrogen-bond donors (Lipinski definition) is 0. The van der Waals surface area contributed by atoms with Crippen LogP contribution in [0.2, 0.25) is 0 Å². The molecule has 0 atom stereocenters. The Labute approximate surface area is 102 Å². The lowest BCUT2D eigenvalue weighted by molar-refractivity contribution is -0.124. The lowest BCUT2D eigenvalue weighted by Crippen LogP contribution is -2.32. The fourth-order valence-electron chi connectivity index (χ4n) is 1.36. The molecular formula is C13H15NOS. The Kier molecular flexibility index (Phi) is 4.86. The highest BCUT2D eigenvalue weighted by Gasteiger charge is 2.08. The molecule has 84 valence electrons. The van der Waals surface area contributed by atoms with E-state index < -0.39 is 0 Å². The summed E-state index contributed by atoms with van der Waals surface area (Å²) in [6, 6.07) is 9.87. The van der Waals surface area contributed by atoms with E-state index >= 15 is 0 Å². The van der Waals surface area contributed by atoms with E-state index in [9.17, 15) is 4.79 Å². The molecule has 0 saturated heterocycles. The first-order valence-corrected chi connectivity index (χ1v) is 5.61. The van der Waals surface area contributed by atoms with Gasteiger partial charge in [-0.15, -0.1) is 0 Å². The van der Waals surface area contributed by atoms with Crippen LogP contribution < -0.4 is 0 Å². The third kappa shape index (κ3) is 3.59. The molecule has 0 N–H and O–H groups in total. The molecule has 0 spiro atoms. The second kappa shape index (κ2) is 6.18. The summed E-state index contributed by atoms with van der Waals surface area (Å²) in [7, 11) is 0. The Balaban J connectivity index is 2.71. The molecule has 0 heterocycles. The third-order valence-electron chi connectivity index (χ3n) is 2.18. The molecule has 0 aliphatic rings. The molecular weight excluding hydrogens is 218 g/mol. The van der Waals surface area contributed by atoms with Gasteiger partial charge in [0.2, 0.25) is 5.91 Å². The zero-order chi connectivity index (χ0) is 12.0. The molecule has 0 radical (unpaired) electrons. The summed E-state index contributed by atoms with van der Waals surface area (Å²) >= 11 is 5.17. The maximum atomic E-state index is 11.2. The first-order valence-electron chi connectivity index (χ1n) is 5.20. The molecule has 0 aliphatic carbocycles. The van der Waals surface area contributed by atoms with Gasteiger partial charge in [-0.1, -0.05) is 48.6 Å². The second-order valence-corrected chi connectivity index (χ2v) is 3.76. The average Bonchev–Trinajstić information content (AvgIpc) is 2.28. The number of carbonyl (C=O) groups is 1. The Hall–Kier alpha value is -1.48. The third-order valence-corrected chi connectivity index (χ3v) is 2.54. The Morgan fingerprint density at radius 1 is 1.38 bits per heavy atom. The van der Waals surface area contributed by atoms with Gasteiger partial charge in [0, 0.05) is 13.5 Å². The molecule has 0 unspecified atom stereocenters. The van der Waals surface area contributed by atoms with Crippen LogP contribution in [0, 0.1) is 0 Å². The highest BCUT2D eigenvalue weighted by molar-refractivity contribution is 7.80. The number of likely N-dealkylation sites (N-methyl/N-ethyl adjacent to an activating group) is 1. The van der Waals surface area contributed by atoms with Crippen LogP contribution in [-0.2, 0) is 4.79 Å². The van der Waals surface area contributed by atoms with Crippen LogP contribution in [0.4, 0.5) is 0 Å². The normalized spacial score (nSPS) is 10.4. The lowest BCUT2D eigenvalue weighted by Gasteiger charge is -2.16. The number of carbonyl (C=O) groups excluding carboxylic acids is 1. The number of nitrogens with zero attached hydrogens (tertiary/aromatic N) is 1. The molecule has 0 bridgehead atoms. The standard InChI is InChI=1S/C13H15NOS/c1-3-14(11(2)15)13(16)10-9-12-7-5-4-6-8-12/h4-10H,3H2,1-2H3/b10-9+. The monoisotopic (exact) mass is 233 g/mol. The van der Waals surface area contributed by atoms with Crippen molar-refractivity contribution in [3.05, 3.63) is 42.0 Å². The summed E-state index contributed by atoms with van der Waals surface area (Å²) in [5, 5.41) is 0. The van der Waals surface area contributed by atoms with Gasteiger partial charge in [-0.2, -0.15) is 0 Å². The fourth-order valence-corrected chi connectivity index (χ4v) is 1.68. The predicted molar refractivity (Wildman–Crippen MR) is 71.1 cm³/mol. The average molecular weight is 233 g/mol. The number of amides is 1. The first-order chi connectivity index (χ1) is 7.65. The van der Waals surface area contributed by atoms with Gasteiger partial charge in [0.15, 0.2) is 0 Å². The largest absolute Gasteiger partial charge is 0.304 e. The summed E-state index contributed by atoms with van der Waals surface area (Å²) in [6.07, 6.45) is 3.70. The zero-order valence-corrected chi connectivity index (χ0v) is 10.3. The van der Waals surface area contributed by atoms with Crippen LogP contribution in [0.3, 0.4) is 0 Å². The Morgan fingerprint density at radius 3 is 2.50 bits per heavy atom. The SMILES string of the molecule is CCN(C(C)=O)C(=S)/C=C/c1ccccc1. The minimum atomic E-state index is -0.0230. The van der Waals surface area contributed by atoms with Gasteiger partial charge in [0.1, 0.15) is 4.99 Å². The van der Waals surface area contributed by atoms with E-state index in [2.05, 4.69) is 0 Å². The molecule has 0 saturated carbocycles. The fraction of sp³-hybridized carbons (Fsp3) is 0.231. The first kappa shape index (κ1) is 12.6. The van der Waals surface area contributed by atoms with Gasteiger partial charge >= 0.3 is 0 Å². The van der Waals surface area contributed by atoms with E-state index in [0.717, 1.165) is 5.56 Å².